The fourth-order valence-corrected chi connectivity index (χ4v) is 2.20. The van der Waals surface area contributed by atoms with Gasteiger partial charge in [0.2, 0.25) is 5.91 Å². The largest absolute Gasteiger partial charge is 0.481 e. The van der Waals surface area contributed by atoms with Crippen LogP contribution in [-0.2, 0) is 9.59 Å². The van der Waals surface area contributed by atoms with Gasteiger partial charge in [0.15, 0.2) is 0 Å². The smallest absolute Gasteiger partial charge is 0.305 e. The number of aliphatic carboxylic acids is 1. The lowest BCUT2D eigenvalue weighted by Crippen LogP contribution is -2.37. The lowest BCUT2D eigenvalue weighted by atomic mass is 9.98. The Balaban J connectivity index is 2.12. The fourth-order valence-electron chi connectivity index (χ4n) is 2.20. The molecule has 1 rings (SSSR count). The number of carbonyl (C=O) groups excluding carboxylic acids is 1. The topological polar surface area (TPSA) is 69.6 Å². The molecule has 5 heteroatoms. The van der Waals surface area contributed by atoms with Gasteiger partial charge in [-0.2, -0.15) is 0 Å². The monoisotopic (exact) mass is 242 g/mol. The first-order valence-corrected chi connectivity index (χ1v) is 6.28. The molecule has 98 valence electrons. The molecule has 1 heterocycles. The van der Waals surface area contributed by atoms with E-state index in [9.17, 15) is 9.59 Å². The molecule has 0 aliphatic carbocycles. The standard InChI is InChI=1S/C12H22N2O3/c1-14-9-3-2-4-10(14)5-6-11(15)13-8-7-12(16)17/h10H,2-9H2,1H3,(H,13,15)(H,16,17). The molecule has 1 aliphatic rings. The highest BCUT2D eigenvalue weighted by molar-refractivity contribution is 5.76. The molecule has 1 aliphatic heterocycles. The SMILES string of the molecule is CN1CCCCC1CCC(=O)NCCC(=O)O. The Hall–Kier alpha value is -1.10. The number of nitrogens with one attached hydrogen (secondary N) is 1. The third kappa shape index (κ3) is 5.68. The Morgan fingerprint density at radius 1 is 1.35 bits per heavy atom. The summed E-state index contributed by atoms with van der Waals surface area (Å²) in [6.07, 6.45) is 5.02. The number of hydrogen-bond donors (Lipinski definition) is 2. The average molecular weight is 242 g/mol. The average Bonchev–Trinajstić information content (AvgIpc) is 2.27. The van der Waals surface area contributed by atoms with Crippen molar-refractivity contribution in [1.29, 1.82) is 0 Å². The number of carboxylic acid groups (broad SMARTS) is 1. The van der Waals surface area contributed by atoms with Gasteiger partial charge < -0.3 is 15.3 Å². The van der Waals surface area contributed by atoms with Crippen LogP contribution in [0.1, 0.15) is 38.5 Å². The fraction of sp³-hybridized carbons (Fsp3) is 0.833. The second-order valence-corrected chi connectivity index (χ2v) is 4.66. The number of piperidine rings is 1. The molecule has 0 spiro atoms. The van der Waals surface area contributed by atoms with Crippen molar-refractivity contribution in [2.24, 2.45) is 0 Å². The minimum absolute atomic E-state index is 0.00489. The van der Waals surface area contributed by atoms with E-state index in [0.29, 0.717) is 12.5 Å². The van der Waals surface area contributed by atoms with Gasteiger partial charge in [0, 0.05) is 19.0 Å². The van der Waals surface area contributed by atoms with Crippen molar-refractivity contribution >= 4 is 11.9 Å². The third-order valence-electron chi connectivity index (χ3n) is 3.29. The van der Waals surface area contributed by atoms with Crippen LogP contribution in [0.2, 0.25) is 0 Å². The summed E-state index contributed by atoms with van der Waals surface area (Å²) in [6, 6.07) is 0.508. The number of carbonyl (C=O) groups is 2. The molecule has 0 aromatic rings. The Labute approximate surface area is 102 Å². The van der Waals surface area contributed by atoms with Crippen LogP contribution in [0.15, 0.2) is 0 Å². The van der Waals surface area contributed by atoms with E-state index in [1.807, 2.05) is 0 Å². The summed E-state index contributed by atoms with van der Waals surface area (Å²) in [5.41, 5.74) is 0. The number of amides is 1. The highest BCUT2D eigenvalue weighted by Crippen LogP contribution is 2.18. The van der Waals surface area contributed by atoms with Crippen LogP contribution in [0.5, 0.6) is 0 Å². The Bertz CT molecular complexity index is 268. The Morgan fingerprint density at radius 2 is 2.12 bits per heavy atom. The van der Waals surface area contributed by atoms with Crippen LogP contribution in [0.4, 0.5) is 0 Å². The van der Waals surface area contributed by atoms with Crippen LogP contribution in [0.3, 0.4) is 0 Å². The van der Waals surface area contributed by atoms with E-state index in [4.69, 9.17) is 5.11 Å². The van der Waals surface area contributed by atoms with Gasteiger partial charge in [0.1, 0.15) is 0 Å². The number of hydrogen-bond acceptors (Lipinski definition) is 3. The van der Waals surface area contributed by atoms with Gasteiger partial charge in [-0.25, -0.2) is 0 Å². The molecule has 0 saturated carbocycles. The molecule has 1 amide bonds. The van der Waals surface area contributed by atoms with Gasteiger partial charge in [-0.15, -0.1) is 0 Å². The van der Waals surface area contributed by atoms with Crippen molar-refractivity contribution in [3.8, 4) is 0 Å². The first-order valence-electron chi connectivity index (χ1n) is 6.28. The van der Waals surface area contributed by atoms with Gasteiger partial charge >= 0.3 is 5.97 Å². The molecule has 5 nitrogen and oxygen atoms in total. The predicted molar refractivity (Wildman–Crippen MR) is 64.8 cm³/mol. The molecule has 1 saturated heterocycles. The van der Waals surface area contributed by atoms with Crippen molar-refractivity contribution < 1.29 is 14.7 Å². The van der Waals surface area contributed by atoms with E-state index in [2.05, 4.69) is 17.3 Å². The van der Waals surface area contributed by atoms with E-state index in [1.165, 1.54) is 19.3 Å². The van der Waals surface area contributed by atoms with Crippen LogP contribution >= 0.6 is 0 Å². The highest BCUT2D eigenvalue weighted by Gasteiger charge is 2.19. The zero-order valence-electron chi connectivity index (χ0n) is 10.4. The maximum atomic E-state index is 11.5. The summed E-state index contributed by atoms with van der Waals surface area (Å²) in [7, 11) is 2.10. The molecule has 2 N–H and O–H groups in total. The summed E-state index contributed by atoms with van der Waals surface area (Å²) < 4.78 is 0. The van der Waals surface area contributed by atoms with Crippen LogP contribution in [0.25, 0.3) is 0 Å². The van der Waals surface area contributed by atoms with Crippen LogP contribution in [-0.4, -0.2) is 48.1 Å². The summed E-state index contributed by atoms with van der Waals surface area (Å²) in [4.78, 5) is 24.0. The quantitative estimate of drug-likeness (QED) is 0.724. The predicted octanol–water partition coefficient (Wildman–Crippen LogP) is 0.842. The van der Waals surface area contributed by atoms with Gasteiger partial charge in [-0.1, -0.05) is 6.42 Å². The number of nitrogens with zero attached hydrogens (tertiary/aromatic N) is 1. The summed E-state index contributed by atoms with van der Waals surface area (Å²) in [5, 5.41) is 11.1. The summed E-state index contributed by atoms with van der Waals surface area (Å²) >= 11 is 0. The molecule has 17 heavy (non-hydrogen) atoms. The summed E-state index contributed by atoms with van der Waals surface area (Å²) in [5.74, 6) is -0.914. The van der Waals surface area contributed by atoms with E-state index in [-0.39, 0.29) is 18.9 Å². The molecule has 0 aromatic carbocycles. The van der Waals surface area contributed by atoms with Gasteiger partial charge in [0.05, 0.1) is 6.42 Å². The normalized spacial score (nSPS) is 21.1. The van der Waals surface area contributed by atoms with Crippen molar-refractivity contribution in [1.82, 2.24) is 10.2 Å². The maximum Gasteiger partial charge on any atom is 0.305 e. The molecule has 0 bridgehead atoms. The highest BCUT2D eigenvalue weighted by atomic mass is 16.4. The number of carboxylic acids is 1. The van der Waals surface area contributed by atoms with E-state index >= 15 is 0 Å². The zero-order chi connectivity index (χ0) is 12.7. The van der Waals surface area contributed by atoms with Crippen LogP contribution in [0, 0.1) is 0 Å². The second kappa shape index (κ2) is 7.27. The third-order valence-corrected chi connectivity index (χ3v) is 3.29. The van der Waals surface area contributed by atoms with Crippen molar-refractivity contribution in [2.75, 3.05) is 20.1 Å². The molecule has 1 fully saturated rings. The number of rotatable bonds is 6. The molecular weight excluding hydrogens is 220 g/mol. The Kier molecular flexibility index (Phi) is 5.97. The number of likely N-dealkylation sites (tertiary alicyclic amines) is 1. The minimum atomic E-state index is -0.877. The van der Waals surface area contributed by atoms with E-state index < -0.39 is 5.97 Å². The molecule has 0 radical (unpaired) electrons. The summed E-state index contributed by atoms with van der Waals surface area (Å²) in [6.45, 7) is 1.35. The van der Waals surface area contributed by atoms with E-state index in [0.717, 1.165) is 13.0 Å². The minimum Gasteiger partial charge on any atom is -0.481 e. The van der Waals surface area contributed by atoms with Gasteiger partial charge in [-0.3, -0.25) is 9.59 Å². The molecule has 1 unspecified atom stereocenters. The lowest BCUT2D eigenvalue weighted by Gasteiger charge is -2.32. The molecular formula is C12H22N2O3. The maximum absolute atomic E-state index is 11.5. The van der Waals surface area contributed by atoms with Gasteiger partial charge in [-0.05, 0) is 32.9 Å². The van der Waals surface area contributed by atoms with E-state index in [1.54, 1.807) is 0 Å². The van der Waals surface area contributed by atoms with Gasteiger partial charge in [0.25, 0.3) is 0 Å². The zero-order valence-corrected chi connectivity index (χ0v) is 10.4. The Morgan fingerprint density at radius 3 is 2.76 bits per heavy atom. The first-order chi connectivity index (χ1) is 8.09. The van der Waals surface area contributed by atoms with Crippen molar-refractivity contribution in [3.63, 3.8) is 0 Å². The lowest BCUT2D eigenvalue weighted by molar-refractivity contribution is -0.136. The molecule has 1 atom stereocenters. The molecule has 0 aromatic heterocycles. The van der Waals surface area contributed by atoms with Crippen molar-refractivity contribution in [3.05, 3.63) is 0 Å². The van der Waals surface area contributed by atoms with Crippen molar-refractivity contribution in [2.45, 2.75) is 44.6 Å². The second-order valence-electron chi connectivity index (χ2n) is 4.66. The first kappa shape index (κ1) is 14.0. The van der Waals surface area contributed by atoms with Crippen LogP contribution < -0.4 is 5.32 Å².